The predicted octanol–water partition coefficient (Wildman–Crippen LogP) is 3.26. The van der Waals surface area contributed by atoms with Gasteiger partial charge < -0.3 is 19.0 Å². The van der Waals surface area contributed by atoms with E-state index in [1.54, 1.807) is 14.2 Å². The van der Waals surface area contributed by atoms with Crippen molar-refractivity contribution in [2.24, 2.45) is 5.92 Å². The number of aliphatic hydroxyl groups excluding tert-OH is 1. The van der Waals surface area contributed by atoms with Gasteiger partial charge in [0.1, 0.15) is 17.3 Å². The Hall–Kier alpha value is -2.05. The Morgan fingerprint density at radius 3 is 2.62 bits per heavy atom. The number of oxazole rings is 1. The van der Waals surface area contributed by atoms with Gasteiger partial charge in [-0.3, -0.25) is 4.90 Å². The van der Waals surface area contributed by atoms with E-state index in [4.69, 9.17) is 18.9 Å². The van der Waals surface area contributed by atoms with Crippen LogP contribution >= 0.6 is 0 Å². The molecule has 0 saturated carbocycles. The van der Waals surface area contributed by atoms with Crippen molar-refractivity contribution in [3.05, 3.63) is 29.7 Å². The summed E-state index contributed by atoms with van der Waals surface area (Å²) in [6.45, 7) is 6.53. The van der Waals surface area contributed by atoms with E-state index in [-0.39, 0.29) is 6.10 Å². The molecule has 0 unspecified atom stereocenters. The van der Waals surface area contributed by atoms with Crippen LogP contribution in [0.25, 0.3) is 11.5 Å². The average molecular weight is 360 g/mol. The third kappa shape index (κ3) is 4.02. The molecule has 2 aromatic rings. The fraction of sp³-hybridized carbons (Fsp3) is 0.550. The Morgan fingerprint density at radius 2 is 2.00 bits per heavy atom. The number of benzene rings is 1. The average Bonchev–Trinajstić information content (AvgIpc) is 3.02. The number of aliphatic hydroxyl groups is 1. The van der Waals surface area contributed by atoms with Gasteiger partial charge in [0.2, 0.25) is 5.89 Å². The zero-order chi connectivity index (χ0) is 18.7. The van der Waals surface area contributed by atoms with Gasteiger partial charge in [0, 0.05) is 6.54 Å². The van der Waals surface area contributed by atoms with Crippen LogP contribution in [0.1, 0.15) is 31.2 Å². The molecule has 1 aromatic carbocycles. The first-order valence-corrected chi connectivity index (χ1v) is 9.11. The molecule has 1 N–H and O–H groups in total. The van der Waals surface area contributed by atoms with E-state index < -0.39 is 0 Å². The Kier molecular flexibility index (Phi) is 5.84. The van der Waals surface area contributed by atoms with E-state index in [9.17, 15) is 5.11 Å². The molecular weight excluding hydrogens is 332 g/mol. The first-order valence-electron chi connectivity index (χ1n) is 9.11. The number of aryl methyl sites for hydroxylation is 1. The largest absolute Gasteiger partial charge is 0.497 e. The summed E-state index contributed by atoms with van der Waals surface area (Å²) in [4.78, 5) is 7.09. The quantitative estimate of drug-likeness (QED) is 0.853. The molecule has 0 aliphatic carbocycles. The molecule has 6 heteroatoms. The Balaban J connectivity index is 1.76. The molecule has 1 atom stereocenters. The number of hydrogen-bond donors (Lipinski definition) is 1. The molecule has 142 valence electrons. The van der Waals surface area contributed by atoms with E-state index in [1.165, 1.54) is 0 Å². The molecule has 0 bridgehead atoms. The SMILES string of the molecule is COc1ccc(OC)c(-c2nc(CN3CCC([C@H](C)O)CC3)c(C)o2)c1. The number of aromatic nitrogens is 1. The second kappa shape index (κ2) is 8.10. The monoisotopic (exact) mass is 360 g/mol. The third-order valence-corrected chi connectivity index (χ3v) is 5.22. The van der Waals surface area contributed by atoms with Crippen LogP contribution in [0, 0.1) is 12.8 Å². The highest BCUT2D eigenvalue weighted by molar-refractivity contribution is 5.65. The Bertz CT molecular complexity index is 733. The fourth-order valence-corrected chi connectivity index (χ4v) is 3.48. The maximum absolute atomic E-state index is 9.75. The predicted molar refractivity (Wildman–Crippen MR) is 99.5 cm³/mol. The lowest BCUT2D eigenvalue weighted by atomic mass is 9.92. The van der Waals surface area contributed by atoms with Crippen molar-refractivity contribution in [3.8, 4) is 23.0 Å². The lowest BCUT2D eigenvalue weighted by Gasteiger charge is -2.32. The van der Waals surface area contributed by atoms with Crippen molar-refractivity contribution < 1.29 is 19.0 Å². The highest BCUT2D eigenvalue weighted by Gasteiger charge is 2.24. The van der Waals surface area contributed by atoms with Crippen molar-refractivity contribution in [1.29, 1.82) is 0 Å². The molecule has 1 aliphatic rings. The summed E-state index contributed by atoms with van der Waals surface area (Å²) >= 11 is 0. The van der Waals surface area contributed by atoms with Gasteiger partial charge in [-0.2, -0.15) is 0 Å². The maximum Gasteiger partial charge on any atom is 0.230 e. The number of rotatable bonds is 6. The lowest BCUT2D eigenvalue weighted by Crippen LogP contribution is -2.36. The Labute approximate surface area is 154 Å². The van der Waals surface area contributed by atoms with Crippen LogP contribution in [0.3, 0.4) is 0 Å². The van der Waals surface area contributed by atoms with Gasteiger partial charge in [0.15, 0.2) is 0 Å². The molecule has 6 nitrogen and oxygen atoms in total. The van der Waals surface area contributed by atoms with Gasteiger partial charge in [0.25, 0.3) is 0 Å². The summed E-state index contributed by atoms with van der Waals surface area (Å²) in [5.41, 5.74) is 1.73. The summed E-state index contributed by atoms with van der Waals surface area (Å²) in [5.74, 6) is 3.21. The summed E-state index contributed by atoms with van der Waals surface area (Å²) in [6.07, 6.45) is 1.81. The number of methoxy groups -OCH3 is 2. The van der Waals surface area contributed by atoms with Gasteiger partial charge in [0.05, 0.1) is 31.6 Å². The second-order valence-electron chi connectivity index (χ2n) is 6.94. The lowest BCUT2D eigenvalue weighted by molar-refractivity contribution is 0.0690. The highest BCUT2D eigenvalue weighted by atomic mass is 16.5. The van der Waals surface area contributed by atoms with Gasteiger partial charge in [-0.05, 0) is 63.9 Å². The first-order chi connectivity index (χ1) is 12.5. The van der Waals surface area contributed by atoms with E-state index in [1.807, 2.05) is 32.0 Å². The van der Waals surface area contributed by atoms with Crippen molar-refractivity contribution in [1.82, 2.24) is 9.88 Å². The molecule has 0 spiro atoms. The molecule has 3 rings (SSSR count). The smallest absolute Gasteiger partial charge is 0.230 e. The van der Waals surface area contributed by atoms with Crippen molar-refractivity contribution in [2.45, 2.75) is 39.3 Å². The molecule has 2 heterocycles. The molecule has 1 fully saturated rings. The van der Waals surface area contributed by atoms with E-state index in [0.29, 0.717) is 17.6 Å². The molecule has 0 radical (unpaired) electrons. The number of hydrogen-bond acceptors (Lipinski definition) is 6. The van der Waals surface area contributed by atoms with Crippen LogP contribution in [-0.2, 0) is 6.54 Å². The molecule has 0 amide bonds. The highest BCUT2D eigenvalue weighted by Crippen LogP contribution is 2.34. The summed E-state index contributed by atoms with van der Waals surface area (Å²) < 4.78 is 16.7. The minimum absolute atomic E-state index is 0.224. The van der Waals surface area contributed by atoms with E-state index >= 15 is 0 Å². The van der Waals surface area contributed by atoms with Gasteiger partial charge in [-0.15, -0.1) is 0 Å². The van der Waals surface area contributed by atoms with E-state index in [0.717, 1.165) is 55.2 Å². The molecule has 26 heavy (non-hydrogen) atoms. The van der Waals surface area contributed by atoms with Gasteiger partial charge in [-0.1, -0.05) is 0 Å². The number of piperidine rings is 1. The van der Waals surface area contributed by atoms with Crippen LogP contribution in [-0.4, -0.2) is 48.4 Å². The van der Waals surface area contributed by atoms with Crippen LogP contribution in [0.2, 0.25) is 0 Å². The fourth-order valence-electron chi connectivity index (χ4n) is 3.48. The number of nitrogens with zero attached hydrogens (tertiary/aromatic N) is 2. The van der Waals surface area contributed by atoms with Crippen LogP contribution < -0.4 is 9.47 Å². The topological polar surface area (TPSA) is 68.0 Å². The summed E-state index contributed by atoms with van der Waals surface area (Å²) in [7, 11) is 3.27. The minimum Gasteiger partial charge on any atom is -0.497 e. The standard InChI is InChI=1S/C20H28N2O4/c1-13(23)15-7-9-22(10-8-15)12-18-14(2)26-20(21-18)17-11-16(24-3)5-6-19(17)25-4/h5-6,11,13,15,23H,7-10,12H2,1-4H3/t13-/m0/s1. The van der Waals surface area contributed by atoms with Crippen LogP contribution in [0.5, 0.6) is 11.5 Å². The Morgan fingerprint density at radius 1 is 1.27 bits per heavy atom. The zero-order valence-corrected chi connectivity index (χ0v) is 16.0. The minimum atomic E-state index is -0.224. The summed E-state index contributed by atoms with van der Waals surface area (Å²) in [5, 5.41) is 9.75. The van der Waals surface area contributed by atoms with Crippen molar-refractivity contribution >= 4 is 0 Å². The second-order valence-corrected chi connectivity index (χ2v) is 6.94. The maximum atomic E-state index is 9.75. The van der Waals surface area contributed by atoms with Crippen molar-refractivity contribution in [3.63, 3.8) is 0 Å². The van der Waals surface area contributed by atoms with Gasteiger partial charge in [-0.25, -0.2) is 4.98 Å². The first kappa shape index (κ1) is 18.7. The van der Waals surface area contributed by atoms with Gasteiger partial charge >= 0.3 is 0 Å². The number of likely N-dealkylation sites (tertiary alicyclic amines) is 1. The number of ether oxygens (including phenoxy) is 2. The van der Waals surface area contributed by atoms with Crippen molar-refractivity contribution in [2.75, 3.05) is 27.3 Å². The van der Waals surface area contributed by atoms with E-state index in [2.05, 4.69) is 4.90 Å². The zero-order valence-electron chi connectivity index (χ0n) is 16.0. The molecular formula is C20H28N2O4. The third-order valence-electron chi connectivity index (χ3n) is 5.22. The summed E-state index contributed by atoms with van der Waals surface area (Å²) in [6, 6.07) is 5.58. The normalized spacial score (nSPS) is 17.3. The molecule has 1 aromatic heterocycles. The molecule has 1 saturated heterocycles. The molecule has 1 aliphatic heterocycles. The van der Waals surface area contributed by atoms with Crippen LogP contribution in [0.15, 0.2) is 22.6 Å². The van der Waals surface area contributed by atoms with Crippen LogP contribution in [0.4, 0.5) is 0 Å².